The maximum atomic E-state index is 13.1. The lowest BCUT2D eigenvalue weighted by Gasteiger charge is -2.36. The monoisotopic (exact) mass is 464 g/mol. The molecule has 0 aliphatic carbocycles. The number of hydrogen-bond donors (Lipinski definition) is 1. The second-order valence-electron chi connectivity index (χ2n) is 7.08. The molecule has 0 spiro atoms. The van der Waals surface area contributed by atoms with Crippen LogP contribution in [0.1, 0.15) is 5.69 Å². The van der Waals surface area contributed by atoms with Crippen molar-refractivity contribution in [3.63, 3.8) is 0 Å². The number of amides is 1. The highest BCUT2D eigenvalue weighted by molar-refractivity contribution is 7.23. The van der Waals surface area contributed by atoms with Crippen LogP contribution < -0.4 is 10.2 Å². The number of halogens is 2. The van der Waals surface area contributed by atoms with E-state index in [2.05, 4.69) is 20.1 Å². The van der Waals surface area contributed by atoms with E-state index in [1.54, 1.807) is 0 Å². The first-order valence-corrected chi connectivity index (χ1v) is 11.8. The Morgan fingerprint density at radius 3 is 2.60 bits per heavy atom. The first kappa shape index (κ1) is 21.2. The van der Waals surface area contributed by atoms with E-state index in [1.807, 2.05) is 29.6 Å². The minimum atomic E-state index is -0.210. The standard InChI is InChI=1S/C21H22ClFN4OS2/c22-19-6-5-18(30-19)21-25-16(14-29-21)13-20(28)24-7-8-26-9-11-27(12-10-26)17-3-1-15(23)2-4-17/h1-6,14H,7-13H2,(H,24,28). The summed E-state index contributed by atoms with van der Waals surface area (Å²) >= 11 is 9.00. The lowest BCUT2D eigenvalue weighted by atomic mass is 10.2. The molecule has 1 amide bonds. The number of anilines is 1. The molecule has 0 bridgehead atoms. The molecule has 0 saturated carbocycles. The van der Waals surface area contributed by atoms with Crippen LogP contribution in [0.5, 0.6) is 0 Å². The summed E-state index contributed by atoms with van der Waals surface area (Å²) in [6, 6.07) is 10.4. The van der Waals surface area contributed by atoms with E-state index in [9.17, 15) is 9.18 Å². The van der Waals surface area contributed by atoms with Crippen molar-refractivity contribution in [2.75, 3.05) is 44.2 Å². The number of carbonyl (C=O) groups excluding carboxylic acids is 1. The first-order chi connectivity index (χ1) is 14.6. The van der Waals surface area contributed by atoms with Gasteiger partial charge in [0.1, 0.15) is 10.8 Å². The normalized spacial score (nSPS) is 14.8. The minimum Gasteiger partial charge on any atom is -0.369 e. The van der Waals surface area contributed by atoms with Gasteiger partial charge in [-0.1, -0.05) is 11.6 Å². The minimum absolute atomic E-state index is 0.0130. The van der Waals surface area contributed by atoms with Gasteiger partial charge in [0, 0.05) is 50.3 Å². The fourth-order valence-corrected chi connectivity index (χ4v) is 5.33. The summed E-state index contributed by atoms with van der Waals surface area (Å²) < 4.78 is 13.8. The molecule has 2 aromatic heterocycles. The van der Waals surface area contributed by atoms with Crippen LogP contribution in [0.3, 0.4) is 0 Å². The van der Waals surface area contributed by atoms with Gasteiger partial charge in [0.15, 0.2) is 0 Å². The SMILES string of the molecule is O=C(Cc1csc(-c2ccc(Cl)s2)n1)NCCN1CCN(c2ccc(F)cc2)CC1. The second-order valence-corrected chi connectivity index (χ2v) is 9.65. The zero-order valence-electron chi connectivity index (χ0n) is 16.3. The number of aromatic nitrogens is 1. The third kappa shape index (κ3) is 5.57. The molecule has 30 heavy (non-hydrogen) atoms. The van der Waals surface area contributed by atoms with Crippen LogP contribution in [0.2, 0.25) is 4.34 Å². The largest absolute Gasteiger partial charge is 0.369 e. The molecule has 1 aliphatic rings. The molecule has 0 unspecified atom stereocenters. The lowest BCUT2D eigenvalue weighted by Crippen LogP contribution is -2.48. The average molecular weight is 465 g/mol. The fraction of sp³-hybridized carbons (Fsp3) is 0.333. The molecule has 158 valence electrons. The molecule has 3 heterocycles. The molecule has 0 atom stereocenters. The summed E-state index contributed by atoms with van der Waals surface area (Å²) in [5.74, 6) is -0.223. The van der Waals surface area contributed by atoms with Gasteiger partial charge < -0.3 is 10.2 Å². The maximum absolute atomic E-state index is 13.1. The van der Waals surface area contributed by atoms with Crippen molar-refractivity contribution in [1.82, 2.24) is 15.2 Å². The Kier molecular flexibility index (Phi) is 6.99. The highest BCUT2D eigenvalue weighted by Gasteiger charge is 2.17. The van der Waals surface area contributed by atoms with Crippen LogP contribution in [-0.2, 0) is 11.2 Å². The van der Waals surface area contributed by atoms with Crippen LogP contribution in [0.25, 0.3) is 9.88 Å². The Morgan fingerprint density at radius 1 is 1.13 bits per heavy atom. The first-order valence-electron chi connectivity index (χ1n) is 9.76. The third-order valence-corrected chi connectivity index (χ3v) is 7.28. The van der Waals surface area contributed by atoms with Gasteiger partial charge in [0.25, 0.3) is 0 Å². The topological polar surface area (TPSA) is 48.5 Å². The Balaban J connectivity index is 1.17. The zero-order chi connectivity index (χ0) is 20.9. The van der Waals surface area contributed by atoms with E-state index in [4.69, 9.17) is 11.6 Å². The summed E-state index contributed by atoms with van der Waals surface area (Å²) in [4.78, 5) is 22.4. The van der Waals surface area contributed by atoms with Crippen molar-refractivity contribution in [3.8, 4) is 9.88 Å². The highest BCUT2D eigenvalue weighted by atomic mass is 35.5. The number of benzene rings is 1. The number of nitrogens with one attached hydrogen (secondary N) is 1. The summed E-state index contributed by atoms with van der Waals surface area (Å²) in [7, 11) is 0. The predicted octanol–water partition coefficient (Wildman–Crippen LogP) is 4.15. The number of piperazine rings is 1. The van der Waals surface area contributed by atoms with Gasteiger partial charge in [-0.15, -0.1) is 22.7 Å². The van der Waals surface area contributed by atoms with E-state index in [1.165, 1.54) is 34.8 Å². The van der Waals surface area contributed by atoms with Gasteiger partial charge >= 0.3 is 0 Å². The molecule has 1 saturated heterocycles. The molecule has 1 N–H and O–H groups in total. The molecule has 9 heteroatoms. The van der Waals surface area contributed by atoms with Gasteiger partial charge in [-0.25, -0.2) is 9.37 Å². The van der Waals surface area contributed by atoms with Gasteiger partial charge in [-0.3, -0.25) is 9.69 Å². The van der Waals surface area contributed by atoms with Gasteiger partial charge in [0.2, 0.25) is 5.91 Å². The average Bonchev–Trinajstić information content (AvgIpc) is 3.38. The molecular weight excluding hydrogens is 443 g/mol. The van der Waals surface area contributed by atoms with Crippen LogP contribution in [0.4, 0.5) is 10.1 Å². The lowest BCUT2D eigenvalue weighted by molar-refractivity contribution is -0.120. The Labute approximate surface area is 188 Å². The molecule has 1 fully saturated rings. The van der Waals surface area contributed by atoms with Gasteiger partial charge in [0.05, 0.1) is 21.3 Å². The molecule has 1 aromatic carbocycles. The summed E-state index contributed by atoms with van der Waals surface area (Å²) in [5, 5.41) is 5.82. The highest BCUT2D eigenvalue weighted by Crippen LogP contribution is 2.32. The second kappa shape index (κ2) is 9.87. The van der Waals surface area contributed by atoms with E-state index >= 15 is 0 Å². The van der Waals surface area contributed by atoms with Crippen molar-refractivity contribution >= 4 is 45.9 Å². The number of nitrogens with zero attached hydrogens (tertiary/aromatic N) is 3. The fourth-order valence-electron chi connectivity index (χ4n) is 3.39. The number of thiophene rings is 1. The molecule has 3 aromatic rings. The smallest absolute Gasteiger partial charge is 0.226 e. The van der Waals surface area contributed by atoms with Crippen molar-refractivity contribution in [2.45, 2.75) is 6.42 Å². The van der Waals surface area contributed by atoms with Crippen LogP contribution in [0.15, 0.2) is 41.8 Å². The molecule has 0 radical (unpaired) electrons. The van der Waals surface area contributed by atoms with Crippen LogP contribution >= 0.6 is 34.3 Å². The number of carbonyl (C=O) groups is 1. The number of hydrogen-bond acceptors (Lipinski definition) is 6. The zero-order valence-corrected chi connectivity index (χ0v) is 18.7. The number of rotatable bonds is 7. The van der Waals surface area contributed by atoms with Gasteiger partial charge in [-0.2, -0.15) is 0 Å². The van der Waals surface area contributed by atoms with Crippen LogP contribution in [-0.4, -0.2) is 55.1 Å². The quantitative estimate of drug-likeness (QED) is 0.570. The molecule has 1 aliphatic heterocycles. The van der Waals surface area contributed by atoms with E-state index in [0.29, 0.717) is 6.54 Å². The Bertz CT molecular complexity index is 983. The molecule has 4 rings (SSSR count). The van der Waals surface area contributed by atoms with Crippen LogP contribution in [0, 0.1) is 5.82 Å². The molecule has 5 nitrogen and oxygen atoms in total. The van der Waals surface area contributed by atoms with Gasteiger partial charge in [-0.05, 0) is 36.4 Å². The summed E-state index contributed by atoms with van der Waals surface area (Å²) in [5.41, 5.74) is 1.83. The third-order valence-electron chi connectivity index (χ3n) is 4.99. The maximum Gasteiger partial charge on any atom is 0.226 e. The van der Waals surface area contributed by atoms with Crippen molar-refractivity contribution < 1.29 is 9.18 Å². The van der Waals surface area contributed by atoms with E-state index in [0.717, 1.165) is 58.3 Å². The Morgan fingerprint density at radius 2 is 1.90 bits per heavy atom. The van der Waals surface area contributed by atoms with Crippen molar-refractivity contribution in [1.29, 1.82) is 0 Å². The molecular formula is C21H22ClFN4OS2. The predicted molar refractivity (Wildman–Crippen MR) is 122 cm³/mol. The van der Waals surface area contributed by atoms with Crippen molar-refractivity contribution in [2.24, 2.45) is 0 Å². The summed E-state index contributed by atoms with van der Waals surface area (Å²) in [6.07, 6.45) is 0.286. The Hall–Kier alpha value is -2.00. The van der Waals surface area contributed by atoms with E-state index in [-0.39, 0.29) is 18.1 Å². The van der Waals surface area contributed by atoms with E-state index < -0.39 is 0 Å². The van der Waals surface area contributed by atoms with Crippen molar-refractivity contribution in [3.05, 3.63) is 57.6 Å². The summed E-state index contributed by atoms with van der Waals surface area (Å²) in [6.45, 7) is 5.08. The number of thiazole rings is 1.